The molecule has 0 aromatic carbocycles. The summed E-state index contributed by atoms with van der Waals surface area (Å²) in [6.45, 7) is 16.1. The fourth-order valence-electron chi connectivity index (χ4n) is 4.23. The minimum atomic E-state index is -0.743. The summed E-state index contributed by atoms with van der Waals surface area (Å²) in [6, 6.07) is -1.72. The Morgan fingerprint density at radius 1 is 1.11 bits per heavy atom. The van der Waals surface area contributed by atoms with Gasteiger partial charge in [0.15, 0.2) is 0 Å². The molecule has 2 aliphatic rings. The molecule has 1 aliphatic heterocycles. The largest absolute Gasteiger partial charge is 0.467 e. The molecule has 2 fully saturated rings. The third-order valence-electron chi connectivity index (χ3n) is 5.81. The molecule has 0 bridgehead atoms. The molecule has 0 aromatic heterocycles. The van der Waals surface area contributed by atoms with Gasteiger partial charge in [0.25, 0.3) is 0 Å². The van der Waals surface area contributed by atoms with Crippen molar-refractivity contribution >= 4 is 17.9 Å². The minimum absolute atomic E-state index is 0.0317. The fourth-order valence-corrected chi connectivity index (χ4v) is 4.23. The maximum absolute atomic E-state index is 13.4. The molecule has 0 radical (unpaired) electrons. The number of urea groups is 1. The zero-order chi connectivity index (χ0) is 20.9. The summed E-state index contributed by atoms with van der Waals surface area (Å²) in [6.07, 6.45) is 0. The van der Waals surface area contributed by atoms with E-state index in [2.05, 4.69) is 24.5 Å². The number of amides is 3. The van der Waals surface area contributed by atoms with E-state index in [1.807, 2.05) is 41.5 Å². The van der Waals surface area contributed by atoms with Crippen LogP contribution in [0.25, 0.3) is 0 Å². The highest BCUT2D eigenvalue weighted by molar-refractivity contribution is 5.92. The predicted octanol–water partition coefficient (Wildman–Crippen LogP) is 2.15. The number of hydrogen-bond donors (Lipinski definition) is 2. The Morgan fingerprint density at radius 2 is 1.67 bits per heavy atom. The van der Waals surface area contributed by atoms with Crippen molar-refractivity contribution in [3.05, 3.63) is 0 Å². The molecule has 1 saturated heterocycles. The lowest BCUT2D eigenvalue weighted by atomic mass is 9.85. The number of rotatable bonds is 3. The number of likely N-dealkylation sites (tertiary alicyclic amines) is 1. The molecule has 2 unspecified atom stereocenters. The van der Waals surface area contributed by atoms with Gasteiger partial charge in [-0.15, -0.1) is 0 Å². The van der Waals surface area contributed by atoms with Gasteiger partial charge in [-0.3, -0.25) is 4.79 Å². The van der Waals surface area contributed by atoms with Gasteiger partial charge >= 0.3 is 12.0 Å². The van der Waals surface area contributed by atoms with E-state index in [0.717, 1.165) is 0 Å². The molecule has 154 valence electrons. The van der Waals surface area contributed by atoms with Crippen molar-refractivity contribution in [3.63, 3.8) is 0 Å². The van der Waals surface area contributed by atoms with E-state index in [-0.39, 0.29) is 29.1 Å². The lowest BCUT2D eigenvalue weighted by Crippen LogP contribution is -2.60. The van der Waals surface area contributed by atoms with Crippen LogP contribution in [0.15, 0.2) is 0 Å². The number of nitrogens with one attached hydrogen (secondary N) is 2. The van der Waals surface area contributed by atoms with Crippen LogP contribution in [0.2, 0.25) is 0 Å². The Labute approximate surface area is 162 Å². The summed E-state index contributed by atoms with van der Waals surface area (Å²) in [5, 5.41) is 5.66. The number of esters is 1. The smallest absolute Gasteiger partial charge is 0.328 e. The summed E-state index contributed by atoms with van der Waals surface area (Å²) >= 11 is 0. The molecule has 0 aromatic rings. The first-order chi connectivity index (χ1) is 12.1. The zero-order valence-corrected chi connectivity index (χ0v) is 18.1. The van der Waals surface area contributed by atoms with Crippen LogP contribution in [-0.4, -0.2) is 54.1 Å². The molecule has 4 atom stereocenters. The van der Waals surface area contributed by atoms with Crippen molar-refractivity contribution in [2.45, 2.75) is 73.0 Å². The van der Waals surface area contributed by atoms with Crippen molar-refractivity contribution in [2.24, 2.45) is 22.7 Å². The van der Waals surface area contributed by atoms with Gasteiger partial charge < -0.3 is 20.3 Å². The van der Waals surface area contributed by atoms with Crippen LogP contribution in [0.3, 0.4) is 0 Å². The molecule has 0 spiro atoms. The summed E-state index contributed by atoms with van der Waals surface area (Å²) in [5.41, 5.74) is -0.886. The van der Waals surface area contributed by atoms with Gasteiger partial charge in [-0.2, -0.15) is 0 Å². The van der Waals surface area contributed by atoms with Crippen LogP contribution in [0.1, 0.15) is 55.4 Å². The van der Waals surface area contributed by atoms with Crippen LogP contribution in [-0.2, 0) is 14.3 Å². The third kappa shape index (κ3) is 4.22. The van der Waals surface area contributed by atoms with Gasteiger partial charge in [-0.25, -0.2) is 9.59 Å². The van der Waals surface area contributed by atoms with E-state index in [4.69, 9.17) is 4.74 Å². The lowest BCUT2D eigenvalue weighted by molar-refractivity contribution is -0.154. The molecule has 7 heteroatoms. The summed E-state index contributed by atoms with van der Waals surface area (Å²) in [4.78, 5) is 39.8. The van der Waals surface area contributed by atoms with E-state index >= 15 is 0 Å². The zero-order valence-electron chi connectivity index (χ0n) is 18.1. The monoisotopic (exact) mass is 381 g/mol. The number of methoxy groups -OCH3 is 1. The van der Waals surface area contributed by atoms with E-state index < -0.39 is 29.1 Å². The number of carbonyl (C=O) groups excluding carboxylic acids is 3. The second-order valence-electron chi connectivity index (χ2n) is 10.6. The average molecular weight is 382 g/mol. The Bertz CT molecular complexity index is 630. The molecule has 2 rings (SSSR count). The number of ether oxygens (including phenoxy) is 1. The normalized spacial score (nSPS) is 27.4. The molecular weight excluding hydrogens is 346 g/mol. The molecule has 1 heterocycles. The van der Waals surface area contributed by atoms with Crippen LogP contribution in [0.4, 0.5) is 4.79 Å². The van der Waals surface area contributed by atoms with Gasteiger partial charge in [0.2, 0.25) is 5.91 Å². The minimum Gasteiger partial charge on any atom is -0.467 e. The van der Waals surface area contributed by atoms with Crippen molar-refractivity contribution in [1.29, 1.82) is 0 Å². The maximum atomic E-state index is 13.4. The first-order valence-electron chi connectivity index (χ1n) is 9.58. The second kappa shape index (κ2) is 6.67. The third-order valence-corrected chi connectivity index (χ3v) is 5.81. The van der Waals surface area contributed by atoms with Crippen LogP contribution in [0, 0.1) is 22.7 Å². The van der Waals surface area contributed by atoms with Crippen molar-refractivity contribution < 1.29 is 19.1 Å². The Balaban J connectivity index is 2.23. The maximum Gasteiger partial charge on any atom is 0.328 e. The van der Waals surface area contributed by atoms with Crippen LogP contribution < -0.4 is 10.6 Å². The molecule has 1 aliphatic carbocycles. The van der Waals surface area contributed by atoms with Gasteiger partial charge in [0.1, 0.15) is 12.1 Å². The first-order valence-corrected chi connectivity index (χ1v) is 9.58. The van der Waals surface area contributed by atoms with Gasteiger partial charge in [0.05, 0.1) is 7.11 Å². The molecule has 3 amide bonds. The standard InChI is InChI=1S/C20H35N3O4/c1-18(2,3)14(21-17(26)22-19(4,5)6)15(24)23-10-11-12(20(11,7)8)13(23)16(25)27-9/h11-14H,10H2,1-9H3,(H2,21,22,26)/t11?,12?,13-,14+/m0/s1. The van der Waals surface area contributed by atoms with Gasteiger partial charge in [0, 0.05) is 18.0 Å². The highest BCUT2D eigenvalue weighted by Gasteiger charge is 2.70. The number of nitrogens with zero attached hydrogens (tertiary/aromatic N) is 1. The fraction of sp³-hybridized carbons (Fsp3) is 0.850. The Hall–Kier alpha value is -1.79. The lowest BCUT2D eigenvalue weighted by Gasteiger charge is -2.37. The Morgan fingerprint density at radius 3 is 2.11 bits per heavy atom. The average Bonchev–Trinajstić information content (AvgIpc) is 2.85. The summed E-state index contributed by atoms with van der Waals surface area (Å²) < 4.78 is 4.98. The highest BCUT2D eigenvalue weighted by Crippen LogP contribution is 2.65. The number of carbonyl (C=O) groups is 3. The SMILES string of the molecule is COC(=O)[C@@H]1C2C(CN1C(=O)[C@@H](NC(=O)NC(C)(C)C)C(C)(C)C)C2(C)C. The number of hydrogen-bond acceptors (Lipinski definition) is 4. The highest BCUT2D eigenvalue weighted by atomic mass is 16.5. The Kier molecular flexibility index (Phi) is 5.32. The van der Waals surface area contributed by atoms with Crippen LogP contribution >= 0.6 is 0 Å². The number of piperidine rings is 1. The van der Waals surface area contributed by atoms with Crippen LogP contribution in [0.5, 0.6) is 0 Å². The molecule has 2 N–H and O–H groups in total. The van der Waals surface area contributed by atoms with Crippen molar-refractivity contribution in [3.8, 4) is 0 Å². The van der Waals surface area contributed by atoms with Gasteiger partial charge in [-0.05, 0) is 37.5 Å². The topological polar surface area (TPSA) is 87.7 Å². The van der Waals surface area contributed by atoms with Gasteiger partial charge in [-0.1, -0.05) is 34.6 Å². The molecular formula is C20H35N3O4. The quantitative estimate of drug-likeness (QED) is 0.733. The molecule has 1 saturated carbocycles. The van der Waals surface area contributed by atoms with E-state index in [1.54, 1.807) is 4.90 Å². The van der Waals surface area contributed by atoms with E-state index in [0.29, 0.717) is 6.54 Å². The molecule has 7 nitrogen and oxygen atoms in total. The number of fused-ring (bicyclic) bond motifs is 1. The van der Waals surface area contributed by atoms with E-state index in [9.17, 15) is 14.4 Å². The summed E-state index contributed by atoms with van der Waals surface area (Å²) in [7, 11) is 1.35. The van der Waals surface area contributed by atoms with Crippen molar-refractivity contribution in [2.75, 3.05) is 13.7 Å². The molecule has 27 heavy (non-hydrogen) atoms. The predicted molar refractivity (Wildman–Crippen MR) is 103 cm³/mol. The van der Waals surface area contributed by atoms with E-state index in [1.165, 1.54) is 7.11 Å². The summed E-state index contributed by atoms with van der Waals surface area (Å²) in [5.74, 6) is -0.217. The first kappa shape index (κ1) is 21.5. The second-order valence-corrected chi connectivity index (χ2v) is 10.6. The van der Waals surface area contributed by atoms with Crippen molar-refractivity contribution in [1.82, 2.24) is 15.5 Å².